The van der Waals surface area contributed by atoms with Crippen molar-refractivity contribution in [1.82, 2.24) is 15.2 Å². The predicted molar refractivity (Wildman–Crippen MR) is 107 cm³/mol. The van der Waals surface area contributed by atoms with Crippen molar-refractivity contribution in [1.29, 1.82) is 0 Å². The summed E-state index contributed by atoms with van der Waals surface area (Å²) in [6, 6.07) is 0.177. The molecule has 8 heteroatoms. The van der Waals surface area contributed by atoms with E-state index in [1.807, 2.05) is 4.90 Å². The van der Waals surface area contributed by atoms with Crippen molar-refractivity contribution < 1.29 is 14.7 Å². The first kappa shape index (κ1) is 20.2. The Bertz CT molecular complexity index is 722. The molecule has 2 aliphatic rings. The molecule has 1 saturated heterocycles. The lowest BCUT2D eigenvalue weighted by molar-refractivity contribution is -0.128. The maximum absolute atomic E-state index is 12.3. The quantitative estimate of drug-likeness (QED) is 0.509. The molecule has 0 radical (unpaired) electrons. The molecule has 0 aromatic carbocycles. The molecule has 1 aliphatic carbocycles. The first-order valence-electron chi connectivity index (χ1n) is 9.37. The molecule has 1 atom stereocenters. The van der Waals surface area contributed by atoms with E-state index < -0.39 is 5.97 Å². The Labute approximate surface area is 168 Å². The lowest BCUT2D eigenvalue weighted by Gasteiger charge is -2.36. The lowest BCUT2D eigenvalue weighted by Crippen LogP contribution is -2.51. The number of carboxylic acids is 1. The third-order valence-electron chi connectivity index (χ3n) is 5.37. The minimum absolute atomic E-state index is 0.0777. The van der Waals surface area contributed by atoms with Crippen LogP contribution in [0.5, 0.6) is 0 Å². The Morgan fingerprint density at radius 3 is 2.93 bits per heavy atom. The second-order valence-electron chi connectivity index (χ2n) is 7.10. The SMILES string of the molecule is C#CC1(NCC2CCC(=O)N2CCSc2nc(C(=O)O)cs2)CCCCC1. The van der Waals surface area contributed by atoms with E-state index in [1.165, 1.54) is 29.5 Å². The van der Waals surface area contributed by atoms with E-state index in [-0.39, 0.29) is 23.2 Å². The Morgan fingerprint density at radius 1 is 1.48 bits per heavy atom. The van der Waals surface area contributed by atoms with Gasteiger partial charge in [-0.1, -0.05) is 36.9 Å². The van der Waals surface area contributed by atoms with Gasteiger partial charge in [0.05, 0.1) is 5.54 Å². The number of hydrogen-bond donors (Lipinski definition) is 2. The molecule has 1 aromatic rings. The zero-order valence-electron chi connectivity index (χ0n) is 15.3. The van der Waals surface area contributed by atoms with Crippen LogP contribution in [0.25, 0.3) is 0 Å². The van der Waals surface area contributed by atoms with Crippen molar-refractivity contribution in [2.75, 3.05) is 18.8 Å². The summed E-state index contributed by atoms with van der Waals surface area (Å²) in [4.78, 5) is 29.2. The van der Waals surface area contributed by atoms with E-state index in [4.69, 9.17) is 11.5 Å². The molecule has 1 amide bonds. The Kier molecular flexibility index (Phi) is 6.79. The molecule has 2 heterocycles. The first-order chi connectivity index (χ1) is 13.0. The Balaban J connectivity index is 1.50. The largest absolute Gasteiger partial charge is 0.476 e. The molecular formula is C19H25N3O3S2. The third kappa shape index (κ3) is 5.03. The smallest absolute Gasteiger partial charge is 0.355 e. The van der Waals surface area contributed by atoms with Crippen LogP contribution in [0.15, 0.2) is 9.72 Å². The highest BCUT2D eigenvalue weighted by atomic mass is 32.2. The number of aromatic nitrogens is 1. The summed E-state index contributed by atoms with van der Waals surface area (Å²) in [7, 11) is 0. The van der Waals surface area contributed by atoms with Crippen molar-refractivity contribution in [3.05, 3.63) is 11.1 Å². The number of aromatic carboxylic acids is 1. The molecule has 1 saturated carbocycles. The number of nitrogens with zero attached hydrogens (tertiary/aromatic N) is 2. The second-order valence-corrected chi connectivity index (χ2v) is 9.30. The molecule has 3 rings (SSSR count). The van der Waals surface area contributed by atoms with Gasteiger partial charge in [0.2, 0.25) is 5.91 Å². The number of amides is 1. The summed E-state index contributed by atoms with van der Waals surface area (Å²) < 4.78 is 0.724. The summed E-state index contributed by atoms with van der Waals surface area (Å²) in [5, 5.41) is 14.1. The van der Waals surface area contributed by atoms with Gasteiger partial charge in [-0.15, -0.1) is 17.8 Å². The fourth-order valence-corrected chi connectivity index (χ4v) is 5.62. The summed E-state index contributed by atoms with van der Waals surface area (Å²) in [5.41, 5.74) is -0.132. The zero-order valence-corrected chi connectivity index (χ0v) is 16.9. The van der Waals surface area contributed by atoms with Crippen molar-refractivity contribution in [2.24, 2.45) is 0 Å². The van der Waals surface area contributed by atoms with Crippen molar-refractivity contribution >= 4 is 35.0 Å². The highest BCUT2D eigenvalue weighted by molar-refractivity contribution is 8.01. The topological polar surface area (TPSA) is 82.5 Å². The average Bonchev–Trinajstić information content (AvgIpc) is 3.29. The molecular weight excluding hydrogens is 382 g/mol. The van der Waals surface area contributed by atoms with Gasteiger partial charge in [-0.25, -0.2) is 9.78 Å². The Morgan fingerprint density at radius 2 is 2.26 bits per heavy atom. The summed E-state index contributed by atoms with van der Waals surface area (Å²) in [6.45, 7) is 1.38. The number of carbonyl (C=O) groups is 2. The summed E-state index contributed by atoms with van der Waals surface area (Å²) >= 11 is 2.82. The molecule has 27 heavy (non-hydrogen) atoms. The molecule has 1 aliphatic heterocycles. The minimum atomic E-state index is -1.01. The van der Waals surface area contributed by atoms with Crippen molar-refractivity contribution in [2.45, 2.75) is 60.9 Å². The third-order valence-corrected chi connectivity index (χ3v) is 7.37. The number of rotatable bonds is 8. The lowest BCUT2D eigenvalue weighted by atomic mass is 9.82. The number of thioether (sulfide) groups is 1. The molecule has 0 spiro atoms. The molecule has 2 N–H and O–H groups in total. The molecule has 146 valence electrons. The van der Waals surface area contributed by atoms with Crippen LogP contribution in [0.2, 0.25) is 0 Å². The molecule has 2 fully saturated rings. The van der Waals surface area contributed by atoms with Crippen LogP contribution in [-0.4, -0.2) is 57.3 Å². The number of terminal acetylenes is 1. The number of carboxylic acid groups (broad SMARTS) is 1. The molecule has 0 bridgehead atoms. The highest BCUT2D eigenvalue weighted by Gasteiger charge is 2.34. The standard InChI is InChI=1S/C19H25N3O3S2/c1-2-19(8-4-3-5-9-19)20-12-14-6-7-16(23)22(14)10-11-26-18-21-15(13-27-18)17(24)25/h1,13-14,20H,3-12H2,(H,24,25). The van der Waals surface area contributed by atoms with E-state index in [2.05, 4.69) is 16.2 Å². The van der Waals surface area contributed by atoms with Crippen LogP contribution in [0.3, 0.4) is 0 Å². The van der Waals surface area contributed by atoms with Gasteiger partial charge in [-0.3, -0.25) is 10.1 Å². The van der Waals surface area contributed by atoms with Crippen molar-refractivity contribution in [3.8, 4) is 12.3 Å². The maximum atomic E-state index is 12.3. The van der Waals surface area contributed by atoms with Crippen LogP contribution < -0.4 is 5.32 Å². The van der Waals surface area contributed by atoms with E-state index in [0.717, 1.165) is 43.0 Å². The van der Waals surface area contributed by atoms with Crippen molar-refractivity contribution in [3.63, 3.8) is 0 Å². The van der Waals surface area contributed by atoms with Gasteiger partial charge in [0.25, 0.3) is 0 Å². The number of thiazole rings is 1. The van der Waals surface area contributed by atoms with Gasteiger partial charge in [0.1, 0.15) is 0 Å². The molecule has 6 nitrogen and oxygen atoms in total. The van der Waals surface area contributed by atoms with E-state index in [0.29, 0.717) is 18.7 Å². The maximum Gasteiger partial charge on any atom is 0.355 e. The van der Waals surface area contributed by atoms with Crippen LogP contribution >= 0.6 is 23.1 Å². The number of likely N-dealkylation sites (tertiary alicyclic amines) is 1. The van der Waals surface area contributed by atoms with Crippen LogP contribution in [0.1, 0.15) is 55.4 Å². The van der Waals surface area contributed by atoms with Gasteiger partial charge < -0.3 is 10.0 Å². The summed E-state index contributed by atoms with van der Waals surface area (Å²) in [6.07, 6.45) is 12.8. The summed E-state index contributed by atoms with van der Waals surface area (Å²) in [5.74, 6) is 2.85. The second kappa shape index (κ2) is 9.09. The number of carbonyl (C=O) groups excluding carboxylic acids is 1. The average molecular weight is 408 g/mol. The minimum Gasteiger partial charge on any atom is -0.476 e. The monoisotopic (exact) mass is 407 g/mol. The molecule has 1 unspecified atom stereocenters. The highest BCUT2D eigenvalue weighted by Crippen LogP contribution is 2.29. The Hall–Kier alpha value is -1.56. The zero-order chi connectivity index (χ0) is 19.3. The van der Waals surface area contributed by atoms with Gasteiger partial charge in [0.15, 0.2) is 10.0 Å². The van der Waals surface area contributed by atoms with Gasteiger partial charge in [-0.05, 0) is 19.3 Å². The normalized spacial score (nSPS) is 22.0. The van der Waals surface area contributed by atoms with Crippen LogP contribution in [-0.2, 0) is 4.79 Å². The first-order valence-corrected chi connectivity index (χ1v) is 11.2. The fraction of sp³-hybridized carbons (Fsp3) is 0.632. The molecule has 1 aromatic heterocycles. The van der Waals surface area contributed by atoms with Crippen LogP contribution in [0.4, 0.5) is 0 Å². The van der Waals surface area contributed by atoms with E-state index in [1.54, 1.807) is 5.38 Å². The van der Waals surface area contributed by atoms with Gasteiger partial charge in [0, 0.05) is 36.7 Å². The fourth-order valence-electron chi connectivity index (χ4n) is 3.81. The van der Waals surface area contributed by atoms with Gasteiger partial charge >= 0.3 is 5.97 Å². The number of hydrogen-bond acceptors (Lipinski definition) is 6. The van der Waals surface area contributed by atoms with Gasteiger partial charge in [-0.2, -0.15) is 0 Å². The van der Waals surface area contributed by atoms with E-state index >= 15 is 0 Å². The predicted octanol–water partition coefficient (Wildman–Crippen LogP) is 2.85. The van der Waals surface area contributed by atoms with Crippen LogP contribution in [0, 0.1) is 12.3 Å². The number of nitrogens with one attached hydrogen (secondary N) is 1. The van der Waals surface area contributed by atoms with E-state index in [9.17, 15) is 9.59 Å².